The molecule has 23 heavy (non-hydrogen) atoms. The minimum Gasteiger partial charge on any atom is -0.426 e. The molecule has 3 rings (SSSR count). The van der Waals surface area contributed by atoms with Crippen LogP contribution in [-0.4, -0.2) is 58.0 Å². The summed E-state index contributed by atoms with van der Waals surface area (Å²) >= 11 is 0. The summed E-state index contributed by atoms with van der Waals surface area (Å²) in [7, 11) is 0. The molecule has 7 heteroatoms. The highest BCUT2D eigenvalue weighted by Crippen LogP contribution is 2.26. The zero-order valence-corrected chi connectivity index (χ0v) is 13.7. The van der Waals surface area contributed by atoms with Crippen molar-refractivity contribution >= 4 is 11.8 Å². The van der Waals surface area contributed by atoms with Crippen molar-refractivity contribution in [1.82, 2.24) is 20.0 Å². The molecule has 126 valence electrons. The Morgan fingerprint density at radius 3 is 2.35 bits per heavy atom. The van der Waals surface area contributed by atoms with Gasteiger partial charge in [0.1, 0.15) is 0 Å². The molecule has 2 amide bonds. The SMILES string of the molecule is Cc1nnc(CCC(=O)N2CCN(C(=O)C3CCCC3)CC2)o1. The molecule has 2 heterocycles. The standard InChI is InChI=1S/C16H24N4O3/c1-12-17-18-14(23-12)6-7-15(21)19-8-10-20(11-9-19)16(22)13-4-2-3-5-13/h13H,2-11H2,1H3. The van der Waals surface area contributed by atoms with Crippen LogP contribution in [0.5, 0.6) is 0 Å². The molecule has 2 aliphatic rings. The van der Waals surface area contributed by atoms with Crippen molar-refractivity contribution < 1.29 is 14.0 Å². The average molecular weight is 320 g/mol. The molecule has 1 aromatic rings. The Balaban J connectivity index is 1.42. The van der Waals surface area contributed by atoms with Crippen LogP contribution in [0.25, 0.3) is 0 Å². The van der Waals surface area contributed by atoms with E-state index in [0.29, 0.717) is 50.8 Å². The van der Waals surface area contributed by atoms with E-state index in [0.717, 1.165) is 12.8 Å². The summed E-state index contributed by atoms with van der Waals surface area (Å²) in [6.07, 6.45) is 5.25. The Morgan fingerprint density at radius 1 is 1.09 bits per heavy atom. The minimum absolute atomic E-state index is 0.0915. The summed E-state index contributed by atoms with van der Waals surface area (Å²) in [5.74, 6) is 1.63. The van der Waals surface area contributed by atoms with Gasteiger partial charge in [-0.05, 0) is 12.8 Å². The molecule has 1 saturated heterocycles. The van der Waals surface area contributed by atoms with E-state index < -0.39 is 0 Å². The fourth-order valence-corrected chi connectivity index (χ4v) is 3.42. The molecule has 0 N–H and O–H groups in total. The largest absolute Gasteiger partial charge is 0.426 e. The number of nitrogens with zero attached hydrogens (tertiary/aromatic N) is 4. The van der Waals surface area contributed by atoms with Gasteiger partial charge in [-0.2, -0.15) is 0 Å². The van der Waals surface area contributed by atoms with Crippen molar-refractivity contribution in [3.63, 3.8) is 0 Å². The highest BCUT2D eigenvalue weighted by Gasteiger charge is 2.30. The van der Waals surface area contributed by atoms with Crippen molar-refractivity contribution in [3.05, 3.63) is 11.8 Å². The molecule has 1 saturated carbocycles. The molecule has 1 aliphatic heterocycles. The van der Waals surface area contributed by atoms with Crippen LogP contribution < -0.4 is 0 Å². The molecular weight excluding hydrogens is 296 g/mol. The van der Waals surface area contributed by atoms with E-state index in [1.165, 1.54) is 12.8 Å². The molecule has 0 radical (unpaired) electrons. The molecule has 0 bridgehead atoms. The Kier molecular flexibility index (Phi) is 4.93. The first-order valence-corrected chi connectivity index (χ1v) is 8.49. The topological polar surface area (TPSA) is 79.5 Å². The van der Waals surface area contributed by atoms with Gasteiger partial charge in [0.2, 0.25) is 23.6 Å². The van der Waals surface area contributed by atoms with E-state index >= 15 is 0 Å². The normalized spacial score (nSPS) is 19.3. The van der Waals surface area contributed by atoms with Gasteiger partial charge in [-0.25, -0.2) is 0 Å². The summed E-state index contributed by atoms with van der Waals surface area (Å²) in [5, 5.41) is 7.66. The van der Waals surface area contributed by atoms with Crippen LogP contribution in [0.2, 0.25) is 0 Å². The quantitative estimate of drug-likeness (QED) is 0.832. The molecule has 2 fully saturated rings. The first kappa shape index (κ1) is 16.0. The van der Waals surface area contributed by atoms with Crippen LogP contribution in [-0.2, 0) is 16.0 Å². The molecule has 1 aromatic heterocycles. The number of amides is 2. The summed E-state index contributed by atoms with van der Waals surface area (Å²) in [5.41, 5.74) is 0. The lowest BCUT2D eigenvalue weighted by atomic mass is 10.1. The summed E-state index contributed by atoms with van der Waals surface area (Å²) in [4.78, 5) is 28.4. The molecule has 0 atom stereocenters. The fraction of sp³-hybridized carbons (Fsp3) is 0.750. The van der Waals surface area contributed by atoms with Gasteiger partial charge in [-0.3, -0.25) is 9.59 Å². The molecule has 7 nitrogen and oxygen atoms in total. The zero-order valence-electron chi connectivity index (χ0n) is 13.7. The van der Waals surface area contributed by atoms with E-state index in [2.05, 4.69) is 10.2 Å². The monoisotopic (exact) mass is 320 g/mol. The van der Waals surface area contributed by atoms with Crippen LogP contribution in [0.15, 0.2) is 4.42 Å². The number of rotatable bonds is 4. The van der Waals surface area contributed by atoms with E-state index in [-0.39, 0.29) is 17.7 Å². The maximum absolute atomic E-state index is 12.4. The summed E-state index contributed by atoms with van der Waals surface area (Å²) < 4.78 is 5.28. The average Bonchev–Trinajstić information content (AvgIpc) is 3.24. The zero-order chi connectivity index (χ0) is 16.2. The smallest absolute Gasteiger partial charge is 0.225 e. The number of aryl methyl sites for hydroxylation is 2. The maximum atomic E-state index is 12.4. The van der Waals surface area contributed by atoms with E-state index in [9.17, 15) is 9.59 Å². The molecule has 0 spiro atoms. The Hall–Kier alpha value is -1.92. The van der Waals surface area contributed by atoms with Crippen molar-refractivity contribution in [3.8, 4) is 0 Å². The van der Waals surface area contributed by atoms with Crippen molar-refractivity contribution in [2.45, 2.75) is 45.4 Å². The number of hydrogen-bond acceptors (Lipinski definition) is 5. The second-order valence-corrected chi connectivity index (χ2v) is 6.40. The van der Waals surface area contributed by atoms with Crippen molar-refractivity contribution in [2.24, 2.45) is 5.92 Å². The van der Waals surface area contributed by atoms with Crippen LogP contribution >= 0.6 is 0 Å². The van der Waals surface area contributed by atoms with Gasteiger partial charge < -0.3 is 14.2 Å². The number of hydrogen-bond donors (Lipinski definition) is 0. The number of carbonyl (C=O) groups is 2. The third kappa shape index (κ3) is 3.89. The Bertz CT molecular complexity index is 557. The first-order chi connectivity index (χ1) is 11.1. The van der Waals surface area contributed by atoms with Gasteiger partial charge in [0.25, 0.3) is 0 Å². The van der Waals surface area contributed by atoms with Crippen LogP contribution in [0.4, 0.5) is 0 Å². The lowest BCUT2D eigenvalue weighted by molar-refractivity contribution is -0.142. The van der Waals surface area contributed by atoms with E-state index in [1.54, 1.807) is 6.92 Å². The van der Waals surface area contributed by atoms with E-state index in [1.807, 2.05) is 9.80 Å². The molecule has 0 unspecified atom stereocenters. The second-order valence-electron chi connectivity index (χ2n) is 6.40. The van der Waals surface area contributed by atoms with Gasteiger partial charge >= 0.3 is 0 Å². The Morgan fingerprint density at radius 2 is 1.74 bits per heavy atom. The third-order valence-corrected chi connectivity index (χ3v) is 4.77. The number of piperazine rings is 1. The predicted octanol–water partition coefficient (Wildman–Crippen LogP) is 1.17. The lowest BCUT2D eigenvalue weighted by Crippen LogP contribution is -2.51. The Labute approximate surface area is 136 Å². The molecule has 0 aromatic carbocycles. The molecular formula is C16H24N4O3. The summed E-state index contributed by atoms with van der Waals surface area (Å²) in [6.45, 7) is 4.29. The first-order valence-electron chi connectivity index (χ1n) is 8.49. The number of carbonyl (C=O) groups excluding carboxylic acids is 2. The van der Waals surface area contributed by atoms with Crippen LogP contribution in [0, 0.1) is 12.8 Å². The second kappa shape index (κ2) is 7.10. The van der Waals surface area contributed by atoms with Gasteiger partial charge in [-0.15, -0.1) is 10.2 Å². The van der Waals surface area contributed by atoms with Crippen molar-refractivity contribution in [1.29, 1.82) is 0 Å². The van der Waals surface area contributed by atoms with Gasteiger partial charge in [0.15, 0.2) is 0 Å². The summed E-state index contributed by atoms with van der Waals surface area (Å²) in [6, 6.07) is 0. The maximum Gasteiger partial charge on any atom is 0.225 e. The highest BCUT2D eigenvalue weighted by atomic mass is 16.4. The predicted molar refractivity (Wildman–Crippen MR) is 82.5 cm³/mol. The number of aromatic nitrogens is 2. The van der Waals surface area contributed by atoms with Crippen LogP contribution in [0.1, 0.15) is 43.9 Å². The van der Waals surface area contributed by atoms with Gasteiger partial charge in [0, 0.05) is 51.9 Å². The molecule has 1 aliphatic carbocycles. The van der Waals surface area contributed by atoms with Crippen molar-refractivity contribution in [2.75, 3.05) is 26.2 Å². The third-order valence-electron chi connectivity index (χ3n) is 4.77. The van der Waals surface area contributed by atoms with E-state index in [4.69, 9.17) is 4.42 Å². The fourth-order valence-electron chi connectivity index (χ4n) is 3.42. The highest BCUT2D eigenvalue weighted by molar-refractivity contribution is 5.80. The van der Waals surface area contributed by atoms with Gasteiger partial charge in [0.05, 0.1) is 0 Å². The minimum atomic E-state index is 0.0915. The lowest BCUT2D eigenvalue weighted by Gasteiger charge is -2.36. The van der Waals surface area contributed by atoms with Gasteiger partial charge in [-0.1, -0.05) is 12.8 Å². The van der Waals surface area contributed by atoms with Crippen LogP contribution in [0.3, 0.4) is 0 Å².